The van der Waals surface area contributed by atoms with E-state index in [1.807, 2.05) is 0 Å². The first kappa shape index (κ1) is 70.3. The van der Waals surface area contributed by atoms with Crippen LogP contribution in [0.3, 0.4) is 0 Å². The average molecular weight is 1150 g/mol. The van der Waals surface area contributed by atoms with Crippen molar-refractivity contribution in [2.24, 2.45) is 0 Å². The summed E-state index contributed by atoms with van der Waals surface area (Å²) < 4.78 is 17.2. The van der Waals surface area contributed by atoms with Gasteiger partial charge in [0.25, 0.3) is 0 Å². The topological polar surface area (TPSA) is 78.9 Å². The Kier molecular flexibility index (Phi) is 57.2. The van der Waals surface area contributed by atoms with Gasteiger partial charge in [-0.05, 0) is 0 Å². The van der Waals surface area contributed by atoms with Crippen LogP contribution in [0.2, 0.25) is 0 Å². The molecule has 0 saturated carbocycles. The van der Waals surface area contributed by atoms with E-state index in [1.54, 1.807) is 0 Å². The molecule has 0 aliphatic rings. The average Bonchev–Trinajstić information content (AvgIpc) is 3.35. The van der Waals surface area contributed by atoms with Gasteiger partial charge in [-0.1, -0.05) is 175 Å². The van der Waals surface area contributed by atoms with E-state index in [0.717, 1.165) is 57.8 Å². The Balaban J connectivity index is 4.61. The number of carbonyl (C=O) groups is 3. The van der Waals surface area contributed by atoms with Gasteiger partial charge < -0.3 is 0 Å². The van der Waals surface area contributed by atoms with Crippen molar-refractivity contribution in [2.75, 3.05) is 0 Å². The summed E-state index contributed by atoms with van der Waals surface area (Å²) in [5, 5.41) is -1.99. The molecule has 0 amide bonds. The number of thiol groups is 3. The molecule has 3 atom stereocenters. The fourth-order valence-electron chi connectivity index (χ4n) is 9.47. The van der Waals surface area contributed by atoms with Crippen LogP contribution in [0.15, 0.2) is 0 Å². The summed E-state index contributed by atoms with van der Waals surface area (Å²) in [6, 6.07) is 0. The summed E-state index contributed by atoms with van der Waals surface area (Å²) in [5.41, 5.74) is 0. The van der Waals surface area contributed by atoms with Gasteiger partial charge >= 0.3 is 290 Å². The predicted octanol–water partition coefficient (Wildman–Crippen LogP) is 20.5. The summed E-state index contributed by atoms with van der Waals surface area (Å²) in [4.78, 5) is 39.7. The molecule has 0 fully saturated rings. The quantitative estimate of drug-likeness (QED) is 0.0320. The van der Waals surface area contributed by atoms with Crippen LogP contribution in [0.1, 0.15) is 348 Å². The molecule has 0 bridgehead atoms. The zero-order valence-corrected chi connectivity index (χ0v) is 51.8. The second-order valence-corrected chi connectivity index (χ2v) is 26.0. The van der Waals surface area contributed by atoms with Crippen molar-refractivity contribution in [3.63, 3.8) is 0 Å². The molecule has 3 unspecified atom stereocenters. The first-order chi connectivity index (χ1) is 34.3. The second kappa shape index (κ2) is 57.0. The van der Waals surface area contributed by atoms with Gasteiger partial charge in [-0.3, -0.25) is 0 Å². The molecule has 10 heteroatoms. The molecule has 416 valence electrons. The van der Waals surface area contributed by atoms with Crippen LogP contribution < -0.4 is 0 Å². The Morgan fingerprint density at radius 3 is 0.529 bits per heavy atom. The molecular formula is C60H117O6S3Sb. The maximum atomic E-state index is 13.2. The van der Waals surface area contributed by atoms with Gasteiger partial charge in [-0.25, -0.2) is 0 Å². The van der Waals surface area contributed by atoms with Crippen LogP contribution in [0.4, 0.5) is 0 Å². The molecule has 6 nitrogen and oxygen atoms in total. The van der Waals surface area contributed by atoms with Crippen molar-refractivity contribution in [1.82, 2.24) is 0 Å². The van der Waals surface area contributed by atoms with E-state index in [4.69, 9.17) is 9.05 Å². The van der Waals surface area contributed by atoms with Crippen molar-refractivity contribution in [3.05, 3.63) is 0 Å². The fourth-order valence-corrected chi connectivity index (χ4v) is 13.6. The smallest absolute Gasteiger partial charge is 0.0654 e. The molecule has 0 spiro atoms. The van der Waals surface area contributed by atoms with E-state index in [1.165, 1.54) is 250 Å². The summed E-state index contributed by atoms with van der Waals surface area (Å²) in [6.45, 7) is 6.83. The molecule has 0 aromatic rings. The van der Waals surface area contributed by atoms with Gasteiger partial charge in [-0.2, -0.15) is 0 Å². The van der Waals surface area contributed by atoms with Gasteiger partial charge in [0.1, 0.15) is 0 Å². The van der Waals surface area contributed by atoms with E-state index >= 15 is 0 Å². The Morgan fingerprint density at radius 2 is 0.386 bits per heavy atom. The fraction of sp³-hybridized carbons (Fsp3) is 0.950. The Labute approximate surface area is 461 Å². The van der Waals surface area contributed by atoms with Gasteiger partial charge in [0.2, 0.25) is 0 Å². The monoisotopic (exact) mass is 1150 g/mol. The molecule has 0 aromatic heterocycles. The van der Waals surface area contributed by atoms with Crippen LogP contribution >= 0.6 is 37.9 Å². The van der Waals surface area contributed by atoms with E-state index < -0.39 is 55.1 Å². The number of hydrogen-bond donors (Lipinski definition) is 3. The van der Waals surface area contributed by atoms with Crippen LogP contribution in [-0.4, -0.2) is 55.1 Å². The number of rotatable bonds is 57. The standard InChI is InChI=1S/3C20H40O2S.Sb/c3*1-2-3-4-5-6-7-8-9-10-11-12-13-14-15-16-17-18-19(23)20(21)22;/h3*19,23H,2-18H2,1H3,(H,21,22);/q;;;+3/p-3. The van der Waals surface area contributed by atoms with E-state index in [9.17, 15) is 14.4 Å². The minimum absolute atomic E-state index is 0.569. The molecule has 0 rings (SSSR count). The van der Waals surface area contributed by atoms with E-state index in [2.05, 4.69) is 58.7 Å². The van der Waals surface area contributed by atoms with Crippen LogP contribution in [0, 0.1) is 0 Å². The molecule has 0 aromatic carbocycles. The maximum absolute atomic E-state index is 13.2. The van der Waals surface area contributed by atoms with Gasteiger partial charge in [0, 0.05) is 0 Å². The summed E-state index contributed by atoms with van der Waals surface area (Å²) in [7, 11) is 0. The third kappa shape index (κ3) is 50.4. The zero-order valence-electron chi connectivity index (χ0n) is 46.5. The third-order valence-electron chi connectivity index (χ3n) is 14.3. The molecule has 0 heterocycles. The SMILES string of the molecule is CCCCCCCCCCCCCCCCCCC(S)C(=O)[O][Sb]([O]C(=O)C(S)CCCCCCCCCCCCCCCCCC)[O]C(=O)C(S)CCCCCCCCCCCCCCCCCC. The molecule has 0 aliphatic carbocycles. The molecule has 0 radical (unpaired) electrons. The summed E-state index contributed by atoms with van der Waals surface area (Å²) in [6.07, 6.45) is 63.6. The number of unbranched alkanes of at least 4 members (excludes halogenated alkanes) is 45. The third-order valence-corrected chi connectivity index (χ3v) is 18.5. The van der Waals surface area contributed by atoms with Crippen LogP contribution in [0.5, 0.6) is 0 Å². The predicted molar refractivity (Wildman–Crippen MR) is 315 cm³/mol. The van der Waals surface area contributed by atoms with E-state index in [0.29, 0.717) is 19.3 Å². The van der Waals surface area contributed by atoms with Crippen molar-refractivity contribution in [1.29, 1.82) is 0 Å². The van der Waals surface area contributed by atoms with Crippen LogP contribution in [-0.2, 0) is 23.4 Å². The Bertz CT molecular complexity index is 983. The number of hydrogen-bond acceptors (Lipinski definition) is 9. The summed E-state index contributed by atoms with van der Waals surface area (Å²) >= 11 is 9.66. The van der Waals surface area contributed by atoms with Crippen molar-refractivity contribution < 1.29 is 23.4 Å². The van der Waals surface area contributed by atoms with Crippen LogP contribution in [0.25, 0.3) is 0 Å². The van der Waals surface area contributed by atoms with Gasteiger partial charge in [0.05, 0.1) is 0 Å². The Morgan fingerprint density at radius 1 is 0.257 bits per heavy atom. The number of carbonyl (C=O) groups excluding carboxylic acids is 3. The van der Waals surface area contributed by atoms with Crippen molar-refractivity contribution in [3.8, 4) is 0 Å². The Hall–Kier alpha value is 0.278. The first-order valence-corrected chi connectivity index (χ1v) is 35.4. The van der Waals surface area contributed by atoms with Gasteiger partial charge in [0.15, 0.2) is 0 Å². The molecule has 0 saturated heterocycles. The summed E-state index contributed by atoms with van der Waals surface area (Å²) in [5.74, 6) is -1.72. The minimum Gasteiger partial charge on any atom is -0.0654 e. The molecule has 70 heavy (non-hydrogen) atoms. The second-order valence-electron chi connectivity index (χ2n) is 21.3. The molecule has 0 aliphatic heterocycles. The molecular weight excluding hydrogens is 1030 g/mol. The van der Waals surface area contributed by atoms with Crippen molar-refractivity contribution in [2.45, 2.75) is 364 Å². The first-order valence-electron chi connectivity index (χ1n) is 30.8. The minimum atomic E-state index is -4.06. The van der Waals surface area contributed by atoms with E-state index in [-0.39, 0.29) is 0 Å². The van der Waals surface area contributed by atoms with Gasteiger partial charge in [-0.15, -0.1) is 0 Å². The normalized spacial score (nSPS) is 12.9. The molecule has 0 N–H and O–H groups in total. The van der Waals surface area contributed by atoms with Crippen molar-refractivity contribution >= 4 is 77.3 Å². The zero-order chi connectivity index (χ0) is 51.2.